The van der Waals surface area contributed by atoms with Gasteiger partial charge in [0.1, 0.15) is 12.4 Å². The van der Waals surface area contributed by atoms with Crippen molar-refractivity contribution in [2.45, 2.75) is 6.92 Å². The van der Waals surface area contributed by atoms with E-state index >= 15 is 0 Å². The van der Waals surface area contributed by atoms with Gasteiger partial charge in [0.2, 0.25) is 0 Å². The first-order chi connectivity index (χ1) is 6.79. The average molecular weight is 192 g/mol. The summed E-state index contributed by atoms with van der Waals surface area (Å²) in [6.07, 6.45) is 1.82. The van der Waals surface area contributed by atoms with E-state index in [1.807, 2.05) is 31.2 Å². The van der Waals surface area contributed by atoms with Crippen molar-refractivity contribution in [3.8, 4) is 5.75 Å². The third-order valence-electron chi connectivity index (χ3n) is 2.03. The number of rotatable bonds is 5. The van der Waals surface area contributed by atoms with Gasteiger partial charge in [0.05, 0.1) is 6.61 Å². The van der Waals surface area contributed by atoms with Gasteiger partial charge < -0.3 is 9.47 Å². The predicted molar refractivity (Wildman–Crippen MR) is 58.6 cm³/mol. The van der Waals surface area contributed by atoms with E-state index in [2.05, 4.69) is 6.58 Å². The summed E-state index contributed by atoms with van der Waals surface area (Å²) < 4.78 is 10.5. The summed E-state index contributed by atoms with van der Waals surface area (Å²) in [7, 11) is 1.66. The van der Waals surface area contributed by atoms with Crippen LogP contribution in [0.2, 0.25) is 0 Å². The third kappa shape index (κ3) is 2.60. The van der Waals surface area contributed by atoms with E-state index in [-0.39, 0.29) is 0 Å². The summed E-state index contributed by atoms with van der Waals surface area (Å²) >= 11 is 0. The molecule has 0 unspecified atom stereocenters. The summed E-state index contributed by atoms with van der Waals surface area (Å²) in [5, 5.41) is 0. The van der Waals surface area contributed by atoms with E-state index in [9.17, 15) is 0 Å². The van der Waals surface area contributed by atoms with E-state index in [1.54, 1.807) is 7.11 Å². The zero-order chi connectivity index (χ0) is 10.4. The predicted octanol–water partition coefficient (Wildman–Crippen LogP) is 2.66. The van der Waals surface area contributed by atoms with Gasteiger partial charge in [-0.15, -0.1) is 0 Å². The maximum Gasteiger partial charge on any atom is 0.126 e. The molecule has 1 aromatic carbocycles. The fourth-order valence-electron chi connectivity index (χ4n) is 1.28. The van der Waals surface area contributed by atoms with Crippen LogP contribution in [0.5, 0.6) is 5.75 Å². The maximum atomic E-state index is 5.55. The van der Waals surface area contributed by atoms with Crippen molar-refractivity contribution in [3.63, 3.8) is 0 Å². The van der Waals surface area contributed by atoms with Gasteiger partial charge >= 0.3 is 0 Å². The van der Waals surface area contributed by atoms with Crippen LogP contribution in [-0.4, -0.2) is 20.3 Å². The first-order valence-corrected chi connectivity index (χ1v) is 4.63. The van der Waals surface area contributed by atoms with E-state index < -0.39 is 0 Å². The Hall–Kier alpha value is -1.28. The molecule has 0 aromatic heterocycles. The van der Waals surface area contributed by atoms with Crippen molar-refractivity contribution in [1.82, 2.24) is 0 Å². The number of aryl methyl sites for hydroxylation is 1. The van der Waals surface area contributed by atoms with Crippen LogP contribution >= 0.6 is 0 Å². The van der Waals surface area contributed by atoms with Crippen molar-refractivity contribution < 1.29 is 9.47 Å². The van der Waals surface area contributed by atoms with E-state index in [0.29, 0.717) is 13.2 Å². The minimum absolute atomic E-state index is 0.570. The molecule has 0 heterocycles. The lowest BCUT2D eigenvalue weighted by Crippen LogP contribution is -2.05. The van der Waals surface area contributed by atoms with Crippen LogP contribution in [0.4, 0.5) is 0 Å². The van der Waals surface area contributed by atoms with Crippen LogP contribution < -0.4 is 4.74 Å². The van der Waals surface area contributed by atoms with Gasteiger partial charge in [-0.05, 0) is 18.6 Å². The highest BCUT2D eigenvalue weighted by molar-refractivity contribution is 5.59. The number of ether oxygens (including phenoxy) is 2. The van der Waals surface area contributed by atoms with Gasteiger partial charge in [-0.25, -0.2) is 0 Å². The number of hydrogen-bond acceptors (Lipinski definition) is 2. The smallest absolute Gasteiger partial charge is 0.126 e. The van der Waals surface area contributed by atoms with Crippen molar-refractivity contribution in [2.24, 2.45) is 0 Å². The molecular formula is C12H16O2. The van der Waals surface area contributed by atoms with Gasteiger partial charge in [-0.2, -0.15) is 0 Å². The molecule has 0 saturated heterocycles. The highest BCUT2D eigenvalue weighted by Gasteiger charge is 2.02. The Labute approximate surface area is 85.2 Å². The van der Waals surface area contributed by atoms with E-state index in [1.165, 1.54) is 5.56 Å². The Morgan fingerprint density at radius 3 is 2.79 bits per heavy atom. The standard InChI is InChI=1S/C12H16O2/c1-4-11-10(2)6-5-7-12(11)14-9-8-13-3/h4-7H,1,8-9H2,2-3H3. The highest BCUT2D eigenvalue weighted by atomic mass is 16.5. The Balaban J connectivity index is 2.75. The van der Waals surface area contributed by atoms with Gasteiger partial charge in [-0.3, -0.25) is 0 Å². The number of methoxy groups -OCH3 is 1. The molecule has 0 radical (unpaired) electrons. The summed E-state index contributed by atoms with van der Waals surface area (Å²) in [5.41, 5.74) is 2.23. The first kappa shape index (κ1) is 10.8. The van der Waals surface area contributed by atoms with Crippen LogP contribution in [0.1, 0.15) is 11.1 Å². The summed E-state index contributed by atoms with van der Waals surface area (Å²) in [6, 6.07) is 5.96. The van der Waals surface area contributed by atoms with Crippen molar-refractivity contribution in [3.05, 3.63) is 35.9 Å². The molecule has 0 amide bonds. The second kappa shape index (κ2) is 5.45. The molecule has 1 rings (SSSR count). The fraction of sp³-hybridized carbons (Fsp3) is 0.333. The largest absolute Gasteiger partial charge is 0.491 e. The van der Waals surface area contributed by atoms with Gasteiger partial charge in [0.25, 0.3) is 0 Å². The molecule has 1 aromatic rings. The third-order valence-corrected chi connectivity index (χ3v) is 2.03. The van der Waals surface area contributed by atoms with Gasteiger partial charge in [0.15, 0.2) is 0 Å². The van der Waals surface area contributed by atoms with E-state index in [0.717, 1.165) is 11.3 Å². The molecule has 0 fully saturated rings. The zero-order valence-electron chi connectivity index (χ0n) is 8.75. The second-order valence-corrected chi connectivity index (χ2v) is 3.03. The molecule has 14 heavy (non-hydrogen) atoms. The molecule has 0 aliphatic carbocycles. The van der Waals surface area contributed by atoms with Gasteiger partial charge in [0, 0.05) is 12.7 Å². The van der Waals surface area contributed by atoms with Crippen molar-refractivity contribution >= 4 is 6.08 Å². The Morgan fingerprint density at radius 1 is 1.36 bits per heavy atom. The summed E-state index contributed by atoms with van der Waals surface area (Å²) in [5.74, 6) is 0.872. The Bertz CT molecular complexity index is 305. The molecular weight excluding hydrogens is 176 g/mol. The number of hydrogen-bond donors (Lipinski definition) is 0. The molecule has 0 saturated carbocycles. The van der Waals surface area contributed by atoms with Crippen LogP contribution in [-0.2, 0) is 4.74 Å². The summed E-state index contributed by atoms with van der Waals surface area (Å²) in [6.45, 7) is 6.98. The lowest BCUT2D eigenvalue weighted by Gasteiger charge is -2.10. The monoisotopic (exact) mass is 192 g/mol. The fourth-order valence-corrected chi connectivity index (χ4v) is 1.28. The lowest BCUT2D eigenvalue weighted by molar-refractivity contribution is 0.146. The molecule has 2 nitrogen and oxygen atoms in total. The molecule has 0 atom stereocenters. The van der Waals surface area contributed by atoms with Crippen molar-refractivity contribution in [1.29, 1.82) is 0 Å². The normalized spacial score (nSPS) is 9.86. The van der Waals surface area contributed by atoms with Crippen LogP contribution in [0.25, 0.3) is 6.08 Å². The zero-order valence-corrected chi connectivity index (χ0v) is 8.75. The topological polar surface area (TPSA) is 18.5 Å². The molecule has 0 bridgehead atoms. The molecule has 0 spiro atoms. The number of benzene rings is 1. The lowest BCUT2D eigenvalue weighted by atomic mass is 10.1. The quantitative estimate of drug-likeness (QED) is 0.668. The maximum absolute atomic E-state index is 5.55. The molecule has 2 heteroatoms. The van der Waals surface area contributed by atoms with E-state index in [4.69, 9.17) is 9.47 Å². The highest BCUT2D eigenvalue weighted by Crippen LogP contribution is 2.22. The summed E-state index contributed by atoms with van der Waals surface area (Å²) in [4.78, 5) is 0. The van der Waals surface area contributed by atoms with Crippen LogP contribution in [0.3, 0.4) is 0 Å². The first-order valence-electron chi connectivity index (χ1n) is 4.63. The minimum Gasteiger partial charge on any atom is -0.491 e. The Kier molecular flexibility index (Phi) is 4.20. The van der Waals surface area contributed by atoms with Crippen LogP contribution in [0, 0.1) is 6.92 Å². The van der Waals surface area contributed by atoms with Gasteiger partial charge in [-0.1, -0.05) is 24.8 Å². The SMILES string of the molecule is C=Cc1c(C)cccc1OCCOC. The molecule has 0 aliphatic rings. The average Bonchev–Trinajstić information content (AvgIpc) is 2.18. The minimum atomic E-state index is 0.570. The van der Waals surface area contributed by atoms with Crippen LogP contribution in [0.15, 0.2) is 24.8 Å². The Morgan fingerprint density at radius 2 is 2.14 bits per heavy atom. The molecule has 0 N–H and O–H groups in total. The molecule has 76 valence electrons. The molecule has 0 aliphatic heterocycles. The second-order valence-electron chi connectivity index (χ2n) is 3.03. The van der Waals surface area contributed by atoms with Crippen molar-refractivity contribution in [2.75, 3.05) is 20.3 Å².